The molecule has 0 amide bonds. The molecule has 11 heavy (non-hydrogen) atoms. The van der Waals surface area contributed by atoms with E-state index in [-0.39, 0.29) is 58.2 Å². The van der Waals surface area contributed by atoms with Crippen LogP contribution in [0.3, 0.4) is 0 Å². The molecule has 0 aromatic heterocycles. The van der Waals surface area contributed by atoms with Gasteiger partial charge in [-0.15, -0.1) is 13.1 Å². The fourth-order valence-corrected chi connectivity index (χ4v) is 1.21. The molecular weight excluding hydrogens is 208 g/mol. The first kappa shape index (κ1) is 15.2. The van der Waals surface area contributed by atoms with E-state index in [1.807, 2.05) is 13.8 Å². The van der Waals surface area contributed by atoms with Crippen LogP contribution in [0.1, 0.15) is 40.0 Å². The van der Waals surface area contributed by atoms with Crippen LogP contribution in [0.4, 0.5) is 0 Å². The van der Waals surface area contributed by atoms with E-state index in [0.29, 0.717) is 0 Å². The molecule has 1 nitrogen and oxygen atoms in total. The summed E-state index contributed by atoms with van der Waals surface area (Å²) >= 11 is 0. The van der Waals surface area contributed by atoms with Crippen molar-refractivity contribution in [2.75, 3.05) is 13.1 Å². The average Bonchev–Trinajstić information content (AvgIpc) is 2.10. The Morgan fingerprint density at radius 1 is 1.18 bits per heavy atom. The monoisotopic (exact) mass is 227 g/mol. The van der Waals surface area contributed by atoms with Crippen molar-refractivity contribution in [1.82, 2.24) is 0 Å². The molecule has 62 valence electrons. The van der Waals surface area contributed by atoms with Crippen LogP contribution in [0.5, 0.6) is 0 Å². The van der Waals surface area contributed by atoms with Crippen LogP contribution < -0.4 is 58.2 Å². The predicted octanol–water partition coefficient (Wildman–Crippen LogP) is 0.210. The van der Waals surface area contributed by atoms with Crippen molar-refractivity contribution in [1.29, 1.82) is 0 Å². The fourth-order valence-electron chi connectivity index (χ4n) is 1.21. The molecule has 0 aromatic carbocycles. The van der Waals surface area contributed by atoms with Crippen LogP contribution >= 0.6 is 0 Å². The quantitative estimate of drug-likeness (QED) is 0.608. The van der Waals surface area contributed by atoms with Gasteiger partial charge >= 0.3 is 58.2 Å². The van der Waals surface area contributed by atoms with Gasteiger partial charge in [0.1, 0.15) is 0 Å². The van der Waals surface area contributed by atoms with Gasteiger partial charge in [0.05, 0.1) is 0 Å². The number of hydrogen-bond donors (Lipinski definition) is 0. The Morgan fingerprint density at radius 3 is 1.91 bits per heavy atom. The molecule has 0 unspecified atom stereocenters. The van der Waals surface area contributed by atoms with Gasteiger partial charge in [0.2, 0.25) is 0 Å². The predicted molar refractivity (Wildman–Crippen MR) is 47.5 cm³/mol. The summed E-state index contributed by atoms with van der Waals surface area (Å²) in [5.41, 5.74) is 0. The molecule has 0 aliphatic carbocycles. The molecule has 0 bridgehead atoms. The van der Waals surface area contributed by atoms with Crippen LogP contribution in [0.15, 0.2) is 0 Å². The van der Waals surface area contributed by atoms with Gasteiger partial charge in [-0.2, -0.15) is 0 Å². The third-order valence-corrected chi connectivity index (χ3v) is 1.97. The zero-order chi connectivity index (χ0) is 7.82. The minimum Gasteiger partial charge on any atom is -0.662 e. The first-order chi connectivity index (χ1) is 4.93. The summed E-state index contributed by atoms with van der Waals surface area (Å²) in [5, 5.41) is 4.28. The van der Waals surface area contributed by atoms with Gasteiger partial charge in [-0.05, 0) is 5.92 Å². The minimum atomic E-state index is 0. The Labute approximate surface area is 121 Å². The summed E-state index contributed by atoms with van der Waals surface area (Å²) in [6, 6.07) is 0. The first-order valence-electron chi connectivity index (χ1n) is 4.56. The van der Waals surface area contributed by atoms with Crippen molar-refractivity contribution in [3.05, 3.63) is 5.32 Å². The van der Waals surface area contributed by atoms with Crippen LogP contribution in [0.25, 0.3) is 5.32 Å². The van der Waals surface area contributed by atoms with Gasteiger partial charge in [-0.3, -0.25) is 0 Å². The molecule has 0 N–H and O–H groups in total. The molecule has 1 saturated heterocycles. The van der Waals surface area contributed by atoms with Gasteiger partial charge in [0.25, 0.3) is 0 Å². The van der Waals surface area contributed by atoms with Gasteiger partial charge < -0.3 is 5.32 Å². The number of nitrogens with zero attached hydrogens (tertiary/aromatic N) is 1. The van der Waals surface area contributed by atoms with E-state index in [9.17, 15) is 0 Å². The zero-order valence-electron chi connectivity index (χ0n) is 8.56. The molecule has 1 rings (SSSR count). The molecule has 0 spiro atoms. The van der Waals surface area contributed by atoms with Crippen molar-refractivity contribution in [2.24, 2.45) is 5.92 Å². The molecule has 0 aromatic rings. The standard InChI is InChI=1S/C7H14N.C2H6.Rb/c1-2-7-3-5-8-6-4-7;1-2;/h7H,2-6H2,1H3;1-2H3;/q-1;;+1. The van der Waals surface area contributed by atoms with Crippen molar-refractivity contribution in [2.45, 2.75) is 40.0 Å². The summed E-state index contributed by atoms with van der Waals surface area (Å²) in [6.07, 6.45) is 4.04. The Hall–Kier alpha value is 1.77. The minimum absolute atomic E-state index is 0. The van der Waals surface area contributed by atoms with Crippen LogP contribution in [-0.4, -0.2) is 13.1 Å². The molecule has 1 aliphatic rings. The number of rotatable bonds is 1. The van der Waals surface area contributed by atoms with E-state index in [4.69, 9.17) is 0 Å². The molecule has 1 aliphatic heterocycles. The molecule has 0 atom stereocenters. The van der Waals surface area contributed by atoms with E-state index in [0.717, 1.165) is 19.0 Å². The maximum atomic E-state index is 4.28. The normalized spacial score (nSPS) is 17.7. The second-order valence-corrected chi connectivity index (χ2v) is 2.52. The summed E-state index contributed by atoms with van der Waals surface area (Å²) in [5.74, 6) is 0.993. The maximum absolute atomic E-state index is 4.28. The van der Waals surface area contributed by atoms with E-state index in [1.165, 1.54) is 19.3 Å². The SMILES string of the molecule is CC.CCC1CC[N-]CC1.[Rb+]. The van der Waals surface area contributed by atoms with E-state index < -0.39 is 0 Å². The average molecular weight is 228 g/mol. The Morgan fingerprint density at radius 2 is 1.64 bits per heavy atom. The fraction of sp³-hybridized carbons (Fsp3) is 1.00. The largest absolute Gasteiger partial charge is 1.00 e. The van der Waals surface area contributed by atoms with E-state index in [1.54, 1.807) is 0 Å². The van der Waals surface area contributed by atoms with Gasteiger partial charge in [-0.25, -0.2) is 0 Å². The first-order valence-corrected chi connectivity index (χ1v) is 4.56. The Kier molecular flexibility index (Phi) is 16.3. The molecule has 0 radical (unpaired) electrons. The topological polar surface area (TPSA) is 14.1 Å². The van der Waals surface area contributed by atoms with Crippen molar-refractivity contribution in [3.8, 4) is 0 Å². The number of hydrogen-bond acceptors (Lipinski definition) is 0. The third kappa shape index (κ3) is 8.11. The molecule has 0 saturated carbocycles. The molecule has 1 heterocycles. The maximum Gasteiger partial charge on any atom is 1.00 e. The third-order valence-electron chi connectivity index (χ3n) is 1.97. The smallest absolute Gasteiger partial charge is 0.662 e. The van der Waals surface area contributed by atoms with Crippen LogP contribution in [-0.2, 0) is 0 Å². The second-order valence-electron chi connectivity index (χ2n) is 2.52. The van der Waals surface area contributed by atoms with Crippen molar-refractivity contribution < 1.29 is 58.2 Å². The van der Waals surface area contributed by atoms with Gasteiger partial charge in [-0.1, -0.05) is 40.0 Å². The molecule has 2 heteroatoms. The summed E-state index contributed by atoms with van der Waals surface area (Å²) in [4.78, 5) is 0. The van der Waals surface area contributed by atoms with Crippen molar-refractivity contribution >= 4 is 0 Å². The van der Waals surface area contributed by atoms with Crippen LogP contribution in [0, 0.1) is 5.92 Å². The second kappa shape index (κ2) is 11.8. The summed E-state index contributed by atoms with van der Waals surface area (Å²) in [7, 11) is 0. The zero-order valence-corrected chi connectivity index (χ0v) is 13.5. The molecule has 1 fully saturated rings. The Balaban J connectivity index is 0. The van der Waals surface area contributed by atoms with E-state index in [2.05, 4.69) is 12.2 Å². The Bertz CT molecular complexity index is 60.6. The van der Waals surface area contributed by atoms with Gasteiger partial charge in [0.15, 0.2) is 0 Å². The molecular formula is C9H20NRb. The van der Waals surface area contributed by atoms with E-state index >= 15 is 0 Å². The summed E-state index contributed by atoms with van der Waals surface area (Å²) < 4.78 is 0. The van der Waals surface area contributed by atoms with Gasteiger partial charge in [0, 0.05) is 0 Å². The summed E-state index contributed by atoms with van der Waals surface area (Å²) in [6.45, 7) is 8.52. The number of piperidine rings is 1. The van der Waals surface area contributed by atoms with Crippen molar-refractivity contribution in [3.63, 3.8) is 0 Å². The van der Waals surface area contributed by atoms with Crippen LogP contribution in [0.2, 0.25) is 0 Å².